The van der Waals surface area contributed by atoms with Gasteiger partial charge in [0.05, 0.1) is 6.61 Å². The van der Waals surface area contributed by atoms with Crippen molar-refractivity contribution >= 4 is 0 Å². The van der Waals surface area contributed by atoms with E-state index in [1.54, 1.807) is 0 Å². The van der Waals surface area contributed by atoms with Crippen LogP contribution in [0.2, 0.25) is 0 Å². The van der Waals surface area contributed by atoms with Gasteiger partial charge in [-0.05, 0) is 68.1 Å². The van der Waals surface area contributed by atoms with Gasteiger partial charge in [0.1, 0.15) is 0 Å². The van der Waals surface area contributed by atoms with E-state index < -0.39 is 0 Å². The summed E-state index contributed by atoms with van der Waals surface area (Å²) in [5, 5.41) is 19.0. The van der Waals surface area contributed by atoms with Gasteiger partial charge in [0, 0.05) is 6.61 Å². The molecule has 4 unspecified atom stereocenters. The number of hydrogen-bond acceptors (Lipinski definition) is 2. The van der Waals surface area contributed by atoms with Crippen LogP contribution in [0.15, 0.2) is 23.8 Å². The van der Waals surface area contributed by atoms with Crippen molar-refractivity contribution in [1.29, 1.82) is 0 Å². The van der Waals surface area contributed by atoms with Gasteiger partial charge in [-0.1, -0.05) is 44.1 Å². The Morgan fingerprint density at radius 3 is 2.68 bits per heavy atom. The van der Waals surface area contributed by atoms with Crippen LogP contribution in [-0.2, 0) is 0 Å². The van der Waals surface area contributed by atoms with Gasteiger partial charge in [0.15, 0.2) is 0 Å². The van der Waals surface area contributed by atoms with Crippen LogP contribution in [0.5, 0.6) is 0 Å². The normalized spacial score (nSPS) is 39.7. The van der Waals surface area contributed by atoms with E-state index in [0.29, 0.717) is 18.4 Å². The highest BCUT2D eigenvalue weighted by Crippen LogP contribution is 2.61. The third-order valence-corrected chi connectivity index (χ3v) is 6.77. The molecule has 0 spiro atoms. The average molecular weight is 306 g/mol. The van der Waals surface area contributed by atoms with Gasteiger partial charge >= 0.3 is 0 Å². The molecule has 2 saturated carbocycles. The Kier molecular flexibility index (Phi) is 5.55. The lowest BCUT2D eigenvalue weighted by Gasteiger charge is -2.58. The van der Waals surface area contributed by atoms with E-state index >= 15 is 0 Å². The highest BCUT2D eigenvalue weighted by Gasteiger charge is 2.53. The fraction of sp³-hybridized carbons (Fsp3) is 0.800. The molecule has 2 nitrogen and oxygen atoms in total. The molecular weight excluding hydrogens is 272 g/mol. The molecule has 0 amide bonds. The van der Waals surface area contributed by atoms with Crippen molar-refractivity contribution in [2.45, 2.75) is 65.7 Å². The number of aliphatic hydroxyl groups excluding tert-OH is 2. The van der Waals surface area contributed by atoms with Gasteiger partial charge in [-0.3, -0.25) is 0 Å². The van der Waals surface area contributed by atoms with Crippen molar-refractivity contribution in [3.8, 4) is 0 Å². The first-order valence-corrected chi connectivity index (χ1v) is 8.92. The number of fused-ring (bicyclic) bond motifs is 1. The number of allylic oxidation sites excluding steroid dienone is 2. The van der Waals surface area contributed by atoms with Crippen molar-refractivity contribution in [2.75, 3.05) is 13.2 Å². The Hall–Kier alpha value is -0.600. The molecule has 2 aliphatic rings. The molecule has 2 fully saturated rings. The average Bonchev–Trinajstić information content (AvgIpc) is 2.46. The fourth-order valence-corrected chi connectivity index (χ4v) is 5.44. The maximum Gasteiger partial charge on any atom is 0.0614 e. The predicted octanol–water partition coefficient (Wildman–Crippen LogP) is 4.48. The van der Waals surface area contributed by atoms with E-state index in [9.17, 15) is 5.11 Å². The first kappa shape index (κ1) is 17.7. The molecule has 0 saturated heterocycles. The topological polar surface area (TPSA) is 40.5 Å². The largest absolute Gasteiger partial charge is 0.396 e. The molecule has 2 N–H and O–H groups in total. The summed E-state index contributed by atoms with van der Waals surface area (Å²) in [5.41, 5.74) is 3.06. The van der Waals surface area contributed by atoms with Gasteiger partial charge in [0.25, 0.3) is 0 Å². The zero-order chi connectivity index (χ0) is 16.4. The highest BCUT2D eigenvalue weighted by molar-refractivity contribution is 5.17. The van der Waals surface area contributed by atoms with Crippen LogP contribution in [0.1, 0.15) is 65.7 Å². The second-order valence-corrected chi connectivity index (χ2v) is 8.25. The quantitative estimate of drug-likeness (QED) is 0.735. The molecule has 0 radical (unpaired) electrons. The number of rotatable bonds is 5. The van der Waals surface area contributed by atoms with Crippen LogP contribution in [0, 0.1) is 22.7 Å². The standard InChI is InChI=1S/C20H34O2/c1-15(10-13-21)6-8-17-16(2)7-9-18-19(3,14-22)11-5-12-20(17,18)4/h10,17-18,21-22H,2,5-9,11-14H2,1,3-4H3/b15-10-. The van der Waals surface area contributed by atoms with Crippen LogP contribution in [0.4, 0.5) is 0 Å². The minimum atomic E-state index is 0.0853. The van der Waals surface area contributed by atoms with Crippen molar-refractivity contribution < 1.29 is 10.2 Å². The van der Waals surface area contributed by atoms with Crippen LogP contribution < -0.4 is 0 Å². The van der Waals surface area contributed by atoms with E-state index in [4.69, 9.17) is 5.11 Å². The molecule has 2 aliphatic carbocycles. The molecule has 0 aromatic rings. The van der Waals surface area contributed by atoms with Crippen molar-refractivity contribution in [3.63, 3.8) is 0 Å². The fourth-order valence-electron chi connectivity index (χ4n) is 5.44. The van der Waals surface area contributed by atoms with Gasteiger partial charge in [-0.25, -0.2) is 0 Å². The zero-order valence-corrected chi connectivity index (χ0v) is 14.7. The summed E-state index contributed by atoms with van der Waals surface area (Å²) in [7, 11) is 0. The molecule has 0 aromatic carbocycles. The van der Waals surface area contributed by atoms with E-state index in [2.05, 4.69) is 27.4 Å². The van der Waals surface area contributed by atoms with E-state index in [1.807, 2.05) is 6.08 Å². The van der Waals surface area contributed by atoms with Gasteiger partial charge < -0.3 is 10.2 Å². The summed E-state index contributed by atoms with van der Waals surface area (Å²) in [6, 6.07) is 0. The van der Waals surface area contributed by atoms with Crippen LogP contribution >= 0.6 is 0 Å². The Morgan fingerprint density at radius 1 is 1.32 bits per heavy atom. The summed E-state index contributed by atoms with van der Waals surface area (Å²) in [6.45, 7) is 11.7. The Morgan fingerprint density at radius 2 is 2.05 bits per heavy atom. The Balaban J connectivity index is 2.20. The highest BCUT2D eigenvalue weighted by atomic mass is 16.3. The summed E-state index contributed by atoms with van der Waals surface area (Å²) < 4.78 is 0. The van der Waals surface area contributed by atoms with Gasteiger partial charge in [0.2, 0.25) is 0 Å². The monoisotopic (exact) mass is 306 g/mol. The van der Waals surface area contributed by atoms with Gasteiger partial charge in [-0.2, -0.15) is 0 Å². The molecule has 2 rings (SSSR count). The molecule has 0 bridgehead atoms. The van der Waals surface area contributed by atoms with E-state index in [1.165, 1.54) is 30.4 Å². The van der Waals surface area contributed by atoms with E-state index in [-0.39, 0.29) is 17.4 Å². The molecule has 0 heterocycles. The predicted molar refractivity (Wildman–Crippen MR) is 92.6 cm³/mol. The minimum absolute atomic E-state index is 0.0853. The third kappa shape index (κ3) is 3.19. The summed E-state index contributed by atoms with van der Waals surface area (Å²) in [6.07, 6.45) is 10.0. The lowest BCUT2D eigenvalue weighted by Crippen LogP contribution is -2.51. The van der Waals surface area contributed by atoms with Crippen molar-refractivity contribution in [3.05, 3.63) is 23.8 Å². The molecule has 2 heteroatoms. The Labute approximate surface area is 136 Å². The second-order valence-electron chi connectivity index (χ2n) is 8.25. The third-order valence-electron chi connectivity index (χ3n) is 6.77. The molecule has 0 aromatic heterocycles. The lowest BCUT2D eigenvalue weighted by molar-refractivity contribution is -0.0858. The van der Waals surface area contributed by atoms with Crippen LogP contribution in [-0.4, -0.2) is 23.4 Å². The first-order chi connectivity index (χ1) is 10.4. The van der Waals surface area contributed by atoms with Crippen LogP contribution in [0.25, 0.3) is 0 Å². The SMILES string of the molecule is C=C1CCC2C(C)(CO)CCCC2(C)C1CC/C(C)=C\CO. The van der Waals surface area contributed by atoms with Crippen molar-refractivity contribution in [1.82, 2.24) is 0 Å². The van der Waals surface area contributed by atoms with Crippen molar-refractivity contribution in [2.24, 2.45) is 22.7 Å². The number of aliphatic hydroxyl groups is 2. The smallest absolute Gasteiger partial charge is 0.0614 e. The zero-order valence-electron chi connectivity index (χ0n) is 14.7. The molecule has 0 aliphatic heterocycles. The molecule has 22 heavy (non-hydrogen) atoms. The number of hydrogen-bond donors (Lipinski definition) is 2. The summed E-state index contributed by atoms with van der Waals surface area (Å²) in [4.78, 5) is 0. The second kappa shape index (κ2) is 6.88. The Bertz CT molecular complexity index is 439. The molecule has 4 atom stereocenters. The first-order valence-electron chi connectivity index (χ1n) is 8.92. The van der Waals surface area contributed by atoms with E-state index in [0.717, 1.165) is 25.7 Å². The van der Waals surface area contributed by atoms with Crippen LogP contribution in [0.3, 0.4) is 0 Å². The summed E-state index contributed by atoms with van der Waals surface area (Å²) >= 11 is 0. The maximum absolute atomic E-state index is 9.98. The maximum atomic E-state index is 9.98. The molecular formula is C20H34O2. The van der Waals surface area contributed by atoms with Gasteiger partial charge in [-0.15, -0.1) is 0 Å². The lowest BCUT2D eigenvalue weighted by atomic mass is 9.47. The minimum Gasteiger partial charge on any atom is -0.396 e. The summed E-state index contributed by atoms with van der Waals surface area (Å²) in [5.74, 6) is 1.16. The molecule has 126 valence electrons.